The van der Waals surface area contributed by atoms with E-state index in [9.17, 15) is 8.42 Å². The van der Waals surface area contributed by atoms with Crippen LogP contribution in [0.4, 0.5) is 11.4 Å². The molecule has 0 atom stereocenters. The molecule has 2 N–H and O–H groups in total. The first-order chi connectivity index (χ1) is 11.0. The average Bonchev–Trinajstić information content (AvgIpc) is 2.99. The highest BCUT2D eigenvalue weighted by Gasteiger charge is 2.17. The van der Waals surface area contributed by atoms with E-state index < -0.39 is 10.0 Å². The number of rotatable bonds is 3. The first-order valence-electron chi connectivity index (χ1n) is 6.56. The van der Waals surface area contributed by atoms with Crippen LogP contribution in [0.15, 0.2) is 53.6 Å². The number of aromatic amines is 1. The van der Waals surface area contributed by atoms with Gasteiger partial charge in [-0.2, -0.15) is 5.26 Å². The van der Waals surface area contributed by atoms with Crippen LogP contribution in [0.2, 0.25) is 0 Å². The number of nitriles is 1. The van der Waals surface area contributed by atoms with E-state index in [0.29, 0.717) is 22.2 Å². The van der Waals surface area contributed by atoms with Crippen molar-refractivity contribution in [3.05, 3.63) is 65.6 Å². The molecule has 0 aliphatic rings. The molecule has 0 amide bonds. The number of H-pyrrole nitrogens is 1. The van der Waals surface area contributed by atoms with Gasteiger partial charge in [0.2, 0.25) is 0 Å². The van der Waals surface area contributed by atoms with Crippen molar-refractivity contribution in [2.24, 2.45) is 0 Å². The molecule has 0 saturated carbocycles. The number of hydrogen-bond donors (Lipinski definition) is 2. The molecular formula is C16H10N4O2S. The van der Waals surface area contributed by atoms with Crippen molar-refractivity contribution < 1.29 is 8.42 Å². The van der Waals surface area contributed by atoms with Crippen molar-refractivity contribution in [1.82, 2.24) is 4.98 Å². The first kappa shape index (κ1) is 14.6. The van der Waals surface area contributed by atoms with Gasteiger partial charge in [0.25, 0.3) is 10.0 Å². The molecule has 1 aromatic heterocycles. The normalized spacial score (nSPS) is 10.9. The summed E-state index contributed by atoms with van der Waals surface area (Å²) < 4.78 is 27.5. The Bertz CT molecular complexity index is 1090. The number of benzene rings is 2. The van der Waals surface area contributed by atoms with Gasteiger partial charge in [0.1, 0.15) is 6.07 Å². The molecular weight excluding hydrogens is 312 g/mol. The number of para-hydroxylation sites is 1. The zero-order valence-electron chi connectivity index (χ0n) is 11.7. The Morgan fingerprint density at radius 3 is 2.74 bits per heavy atom. The Kier molecular flexibility index (Phi) is 3.49. The summed E-state index contributed by atoms with van der Waals surface area (Å²) in [6, 6.07) is 12.9. The van der Waals surface area contributed by atoms with Gasteiger partial charge in [-0.05, 0) is 18.2 Å². The van der Waals surface area contributed by atoms with Crippen molar-refractivity contribution in [3.8, 4) is 6.07 Å². The lowest BCUT2D eigenvalue weighted by Gasteiger charge is -2.09. The van der Waals surface area contributed by atoms with Gasteiger partial charge in [0.15, 0.2) is 5.69 Å². The van der Waals surface area contributed by atoms with Crippen LogP contribution in [0.25, 0.3) is 15.7 Å². The fourth-order valence-electron chi connectivity index (χ4n) is 2.26. The predicted octanol–water partition coefficient (Wildman–Crippen LogP) is 3.39. The summed E-state index contributed by atoms with van der Waals surface area (Å²) in [4.78, 5) is 6.15. The van der Waals surface area contributed by atoms with Crippen molar-refractivity contribution in [1.29, 1.82) is 5.26 Å². The molecule has 0 unspecified atom stereocenters. The maximum atomic E-state index is 12.5. The molecule has 112 valence electrons. The molecule has 7 heteroatoms. The second-order valence-corrected chi connectivity index (χ2v) is 6.44. The molecule has 0 aliphatic heterocycles. The predicted molar refractivity (Wildman–Crippen MR) is 86.5 cm³/mol. The summed E-state index contributed by atoms with van der Waals surface area (Å²) in [5.74, 6) is 0. The minimum atomic E-state index is -3.83. The Balaban J connectivity index is 2.06. The van der Waals surface area contributed by atoms with Crippen LogP contribution in [0.3, 0.4) is 0 Å². The maximum absolute atomic E-state index is 12.5. The summed E-state index contributed by atoms with van der Waals surface area (Å²) in [5.41, 5.74) is 1.57. The maximum Gasteiger partial charge on any atom is 0.260 e. The average molecular weight is 322 g/mol. The molecule has 0 radical (unpaired) electrons. The van der Waals surface area contributed by atoms with Gasteiger partial charge in [0, 0.05) is 11.6 Å². The summed E-state index contributed by atoms with van der Waals surface area (Å²) >= 11 is 0. The van der Waals surface area contributed by atoms with E-state index in [-0.39, 0.29) is 10.6 Å². The number of anilines is 1. The third-order valence-electron chi connectivity index (χ3n) is 3.34. The van der Waals surface area contributed by atoms with Crippen LogP contribution >= 0.6 is 0 Å². The minimum Gasteiger partial charge on any atom is -0.358 e. The number of hydrogen-bond acceptors (Lipinski definition) is 3. The van der Waals surface area contributed by atoms with Gasteiger partial charge < -0.3 is 4.98 Å². The van der Waals surface area contributed by atoms with Crippen molar-refractivity contribution >= 4 is 32.3 Å². The Morgan fingerprint density at radius 1 is 1.22 bits per heavy atom. The lowest BCUT2D eigenvalue weighted by Crippen LogP contribution is -2.13. The van der Waals surface area contributed by atoms with E-state index in [1.807, 2.05) is 6.07 Å². The van der Waals surface area contributed by atoms with Crippen LogP contribution in [-0.2, 0) is 10.0 Å². The first-order valence-corrected chi connectivity index (χ1v) is 8.04. The molecule has 2 aromatic carbocycles. The van der Waals surface area contributed by atoms with Gasteiger partial charge in [-0.3, -0.25) is 4.72 Å². The largest absolute Gasteiger partial charge is 0.358 e. The molecule has 0 fully saturated rings. The minimum absolute atomic E-state index is 0.00932. The van der Waals surface area contributed by atoms with Gasteiger partial charge in [0.05, 0.1) is 28.2 Å². The monoisotopic (exact) mass is 322 g/mol. The number of nitrogens with zero attached hydrogens (tertiary/aromatic N) is 2. The van der Waals surface area contributed by atoms with E-state index in [0.717, 1.165) is 0 Å². The molecule has 0 aliphatic carbocycles. The highest BCUT2D eigenvalue weighted by atomic mass is 32.2. The Labute approximate surface area is 132 Å². The lowest BCUT2D eigenvalue weighted by molar-refractivity contribution is 0.601. The third-order valence-corrected chi connectivity index (χ3v) is 4.70. The third kappa shape index (κ3) is 2.61. The molecule has 6 nitrogen and oxygen atoms in total. The zero-order chi connectivity index (χ0) is 16.4. The molecule has 0 saturated heterocycles. The van der Waals surface area contributed by atoms with Gasteiger partial charge in [-0.25, -0.2) is 13.3 Å². The van der Waals surface area contributed by atoms with Crippen molar-refractivity contribution in [2.75, 3.05) is 4.72 Å². The fourth-order valence-corrected chi connectivity index (χ4v) is 3.37. The summed E-state index contributed by atoms with van der Waals surface area (Å²) in [6.45, 7) is 6.97. The van der Waals surface area contributed by atoms with Crippen LogP contribution in [-0.4, -0.2) is 13.4 Å². The highest BCUT2D eigenvalue weighted by Crippen LogP contribution is 2.27. The second kappa shape index (κ2) is 5.48. The van der Waals surface area contributed by atoms with Crippen molar-refractivity contribution in [2.45, 2.75) is 4.90 Å². The quantitative estimate of drug-likeness (QED) is 0.724. The lowest BCUT2D eigenvalue weighted by atomic mass is 10.2. The summed E-state index contributed by atoms with van der Waals surface area (Å²) in [6.07, 6.45) is 1.53. The Hall–Kier alpha value is -3.29. The molecule has 3 rings (SSSR count). The highest BCUT2D eigenvalue weighted by molar-refractivity contribution is 7.92. The van der Waals surface area contributed by atoms with Crippen LogP contribution in [0.1, 0.15) is 5.56 Å². The van der Waals surface area contributed by atoms with Crippen LogP contribution in [0.5, 0.6) is 0 Å². The fraction of sp³-hybridized carbons (Fsp3) is 0. The summed E-state index contributed by atoms with van der Waals surface area (Å²) in [7, 11) is -3.83. The van der Waals surface area contributed by atoms with Gasteiger partial charge in [-0.1, -0.05) is 24.3 Å². The van der Waals surface area contributed by atoms with E-state index in [2.05, 4.69) is 14.6 Å². The smallest absolute Gasteiger partial charge is 0.260 e. The molecule has 1 heterocycles. The van der Waals surface area contributed by atoms with E-state index in [4.69, 9.17) is 11.8 Å². The molecule has 0 spiro atoms. The Morgan fingerprint density at radius 2 is 2.00 bits per heavy atom. The molecule has 23 heavy (non-hydrogen) atoms. The topological polar surface area (TPSA) is 90.1 Å². The summed E-state index contributed by atoms with van der Waals surface area (Å²) in [5, 5.41) is 9.69. The zero-order valence-corrected chi connectivity index (χ0v) is 12.6. The van der Waals surface area contributed by atoms with E-state index in [1.54, 1.807) is 18.2 Å². The van der Waals surface area contributed by atoms with E-state index >= 15 is 0 Å². The van der Waals surface area contributed by atoms with Gasteiger partial charge in [-0.15, -0.1) is 0 Å². The molecule has 3 aromatic rings. The molecule has 0 bridgehead atoms. The number of nitrogens with one attached hydrogen (secondary N) is 2. The van der Waals surface area contributed by atoms with Crippen molar-refractivity contribution in [3.63, 3.8) is 0 Å². The number of sulfonamides is 1. The van der Waals surface area contributed by atoms with Crippen LogP contribution in [0, 0.1) is 17.9 Å². The SMILES string of the molecule is [C-]#[N+]c1cccc(S(=O)(=O)Nc2cccc3c(C#N)c[nH]c23)c1. The van der Waals surface area contributed by atoms with Gasteiger partial charge >= 0.3 is 0 Å². The number of fused-ring (bicyclic) bond motifs is 1. The van der Waals surface area contributed by atoms with Crippen LogP contribution < -0.4 is 4.72 Å². The van der Waals surface area contributed by atoms with E-state index in [1.165, 1.54) is 30.5 Å². The standard InChI is InChI=1S/C16H10N4O2S/c1-18-12-4-2-5-13(8-12)23(21,22)20-15-7-3-6-14-11(9-17)10-19-16(14)15/h2-8,10,19-20H. The number of aromatic nitrogens is 1. The second-order valence-electron chi connectivity index (χ2n) is 4.76.